The zero-order valence-electron chi connectivity index (χ0n) is 9.17. The van der Waals surface area contributed by atoms with E-state index < -0.39 is 0 Å². The van der Waals surface area contributed by atoms with E-state index in [-0.39, 0.29) is 0 Å². The molecule has 1 amide bonds. The molecule has 0 aromatic carbocycles. The van der Waals surface area contributed by atoms with E-state index in [0.29, 0.717) is 11.8 Å². The second-order valence-corrected chi connectivity index (χ2v) is 4.19. The van der Waals surface area contributed by atoms with E-state index >= 15 is 0 Å². The van der Waals surface area contributed by atoms with Crippen molar-refractivity contribution in [1.82, 2.24) is 4.90 Å². The summed E-state index contributed by atoms with van der Waals surface area (Å²) in [6.07, 6.45) is 5.21. The van der Waals surface area contributed by atoms with Gasteiger partial charge in [0.15, 0.2) is 0 Å². The van der Waals surface area contributed by atoms with Gasteiger partial charge in [-0.1, -0.05) is 19.8 Å². The Bertz CT molecular complexity index is 182. The summed E-state index contributed by atoms with van der Waals surface area (Å²) < 4.78 is 0. The molecule has 3 heteroatoms. The summed E-state index contributed by atoms with van der Waals surface area (Å²) in [5, 5.41) is 0. The monoisotopic (exact) mass is 198 g/mol. The Morgan fingerprint density at radius 3 is 2.86 bits per heavy atom. The molecule has 1 atom stereocenters. The first-order valence-corrected chi connectivity index (χ1v) is 5.75. The standard InChI is InChI=1S/C11H22N2O/c1-2-3-4-5-11(14)13-7-6-10(8-12)9-13/h10H,2-9,12H2,1H3. The third kappa shape index (κ3) is 3.29. The molecule has 2 N–H and O–H groups in total. The summed E-state index contributed by atoms with van der Waals surface area (Å²) in [5.41, 5.74) is 5.58. The molecule has 1 fully saturated rings. The molecule has 0 radical (unpaired) electrons. The highest BCUT2D eigenvalue weighted by Gasteiger charge is 2.24. The summed E-state index contributed by atoms with van der Waals surface area (Å²) in [6, 6.07) is 0. The van der Waals surface area contributed by atoms with E-state index in [1.54, 1.807) is 0 Å². The molecule has 0 aromatic rings. The van der Waals surface area contributed by atoms with Gasteiger partial charge in [-0.3, -0.25) is 4.79 Å². The number of likely N-dealkylation sites (tertiary alicyclic amines) is 1. The number of carbonyl (C=O) groups excluding carboxylic acids is 1. The number of hydrogen-bond acceptors (Lipinski definition) is 2. The van der Waals surface area contributed by atoms with Crippen LogP contribution in [-0.4, -0.2) is 30.4 Å². The van der Waals surface area contributed by atoms with E-state index in [9.17, 15) is 4.79 Å². The van der Waals surface area contributed by atoms with Crippen LogP contribution in [0.4, 0.5) is 0 Å². The van der Waals surface area contributed by atoms with Gasteiger partial charge in [-0.25, -0.2) is 0 Å². The van der Waals surface area contributed by atoms with Crippen LogP contribution in [0.25, 0.3) is 0 Å². The number of rotatable bonds is 5. The lowest BCUT2D eigenvalue weighted by atomic mass is 10.1. The number of unbranched alkanes of at least 4 members (excludes halogenated alkanes) is 2. The van der Waals surface area contributed by atoms with Gasteiger partial charge in [0.2, 0.25) is 5.91 Å². The summed E-state index contributed by atoms with van der Waals surface area (Å²) >= 11 is 0. The van der Waals surface area contributed by atoms with Crippen LogP contribution in [-0.2, 0) is 4.79 Å². The molecule has 3 nitrogen and oxygen atoms in total. The average molecular weight is 198 g/mol. The summed E-state index contributed by atoms with van der Waals surface area (Å²) in [6.45, 7) is 4.69. The quantitative estimate of drug-likeness (QED) is 0.678. The van der Waals surface area contributed by atoms with Gasteiger partial charge in [0.05, 0.1) is 0 Å². The molecule has 82 valence electrons. The van der Waals surface area contributed by atoms with Crippen molar-refractivity contribution in [3.8, 4) is 0 Å². The number of carbonyl (C=O) groups is 1. The third-order valence-corrected chi connectivity index (χ3v) is 2.97. The Hall–Kier alpha value is -0.570. The Morgan fingerprint density at radius 1 is 1.50 bits per heavy atom. The maximum absolute atomic E-state index is 11.7. The molecule has 1 aliphatic heterocycles. The Morgan fingerprint density at radius 2 is 2.29 bits per heavy atom. The Kier molecular flexibility index (Phi) is 4.94. The van der Waals surface area contributed by atoms with Gasteiger partial charge in [0, 0.05) is 19.5 Å². The fraction of sp³-hybridized carbons (Fsp3) is 0.909. The summed E-state index contributed by atoms with van der Waals surface area (Å²) in [4.78, 5) is 13.6. The number of nitrogens with zero attached hydrogens (tertiary/aromatic N) is 1. The topological polar surface area (TPSA) is 46.3 Å². The first-order valence-electron chi connectivity index (χ1n) is 5.75. The van der Waals surface area contributed by atoms with Crippen LogP contribution in [0.1, 0.15) is 39.0 Å². The molecule has 1 heterocycles. The SMILES string of the molecule is CCCCCC(=O)N1CCC(CN)C1. The highest BCUT2D eigenvalue weighted by molar-refractivity contribution is 5.76. The summed E-state index contributed by atoms with van der Waals surface area (Å²) in [7, 11) is 0. The Balaban J connectivity index is 2.18. The fourth-order valence-electron chi connectivity index (χ4n) is 1.94. The minimum atomic E-state index is 0.328. The van der Waals surface area contributed by atoms with Crippen molar-refractivity contribution < 1.29 is 4.79 Å². The highest BCUT2D eigenvalue weighted by Crippen LogP contribution is 2.16. The number of amides is 1. The molecule has 0 bridgehead atoms. The second-order valence-electron chi connectivity index (χ2n) is 4.19. The minimum absolute atomic E-state index is 0.328. The smallest absolute Gasteiger partial charge is 0.222 e. The minimum Gasteiger partial charge on any atom is -0.342 e. The van der Waals surface area contributed by atoms with Crippen molar-refractivity contribution in [1.29, 1.82) is 0 Å². The zero-order chi connectivity index (χ0) is 10.4. The molecular formula is C11H22N2O. The van der Waals surface area contributed by atoms with Crippen LogP contribution in [0.2, 0.25) is 0 Å². The molecule has 0 saturated carbocycles. The molecule has 0 aliphatic carbocycles. The lowest BCUT2D eigenvalue weighted by Gasteiger charge is -2.15. The van der Waals surface area contributed by atoms with Crippen molar-refractivity contribution in [3.63, 3.8) is 0 Å². The molecule has 1 aliphatic rings. The second kappa shape index (κ2) is 6.02. The highest BCUT2D eigenvalue weighted by atomic mass is 16.2. The normalized spacial score (nSPS) is 21.6. The van der Waals surface area contributed by atoms with Gasteiger partial charge in [-0.15, -0.1) is 0 Å². The predicted molar refractivity (Wildman–Crippen MR) is 57.9 cm³/mol. The van der Waals surface area contributed by atoms with Crippen molar-refractivity contribution in [2.45, 2.75) is 39.0 Å². The zero-order valence-corrected chi connectivity index (χ0v) is 9.17. The average Bonchev–Trinajstić information content (AvgIpc) is 2.66. The van der Waals surface area contributed by atoms with E-state index in [4.69, 9.17) is 5.73 Å². The molecule has 1 saturated heterocycles. The Labute approximate surface area is 86.6 Å². The van der Waals surface area contributed by atoms with Crippen molar-refractivity contribution >= 4 is 5.91 Å². The lowest BCUT2D eigenvalue weighted by Crippen LogP contribution is -2.29. The third-order valence-electron chi connectivity index (χ3n) is 2.97. The van der Waals surface area contributed by atoms with E-state index in [1.165, 1.54) is 12.8 Å². The van der Waals surface area contributed by atoms with Gasteiger partial charge in [-0.05, 0) is 25.3 Å². The van der Waals surface area contributed by atoms with Crippen molar-refractivity contribution in [2.75, 3.05) is 19.6 Å². The molecule has 0 aromatic heterocycles. The fourth-order valence-corrected chi connectivity index (χ4v) is 1.94. The van der Waals surface area contributed by atoms with Crippen molar-refractivity contribution in [3.05, 3.63) is 0 Å². The maximum atomic E-state index is 11.7. The van der Waals surface area contributed by atoms with Crippen LogP contribution in [0.3, 0.4) is 0 Å². The molecule has 0 spiro atoms. The van der Waals surface area contributed by atoms with Gasteiger partial charge < -0.3 is 10.6 Å². The molecule has 1 rings (SSSR count). The van der Waals surface area contributed by atoms with Crippen LogP contribution >= 0.6 is 0 Å². The van der Waals surface area contributed by atoms with Crippen molar-refractivity contribution in [2.24, 2.45) is 11.7 Å². The van der Waals surface area contributed by atoms with E-state index in [0.717, 1.165) is 38.9 Å². The summed E-state index contributed by atoms with van der Waals surface area (Å²) in [5.74, 6) is 0.875. The van der Waals surface area contributed by atoms with Gasteiger partial charge >= 0.3 is 0 Å². The first kappa shape index (κ1) is 11.5. The molecule has 14 heavy (non-hydrogen) atoms. The van der Waals surface area contributed by atoms with Gasteiger partial charge in [0.1, 0.15) is 0 Å². The van der Waals surface area contributed by atoms with Crippen LogP contribution in [0.15, 0.2) is 0 Å². The van der Waals surface area contributed by atoms with Crippen LogP contribution in [0.5, 0.6) is 0 Å². The van der Waals surface area contributed by atoms with Crippen LogP contribution < -0.4 is 5.73 Å². The predicted octanol–water partition coefficient (Wildman–Crippen LogP) is 1.37. The molecular weight excluding hydrogens is 176 g/mol. The van der Waals surface area contributed by atoms with Crippen LogP contribution in [0, 0.1) is 5.92 Å². The van der Waals surface area contributed by atoms with E-state index in [1.807, 2.05) is 4.90 Å². The largest absolute Gasteiger partial charge is 0.342 e. The van der Waals surface area contributed by atoms with E-state index in [2.05, 4.69) is 6.92 Å². The number of hydrogen-bond donors (Lipinski definition) is 1. The van der Waals surface area contributed by atoms with Gasteiger partial charge in [-0.2, -0.15) is 0 Å². The van der Waals surface area contributed by atoms with Gasteiger partial charge in [0.25, 0.3) is 0 Å². The lowest BCUT2D eigenvalue weighted by molar-refractivity contribution is -0.130. The first-order chi connectivity index (χ1) is 6.77. The number of nitrogens with two attached hydrogens (primary N) is 1. The maximum Gasteiger partial charge on any atom is 0.222 e. The molecule has 1 unspecified atom stereocenters.